The van der Waals surface area contributed by atoms with Gasteiger partial charge in [-0.3, -0.25) is 0 Å². The van der Waals surface area contributed by atoms with Crippen molar-refractivity contribution in [3.63, 3.8) is 0 Å². The van der Waals surface area contributed by atoms with Crippen molar-refractivity contribution in [3.05, 3.63) is 270 Å². The molecule has 12 rings (SSSR count). The average molecular weight is 928 g/mol. The van der Waals surface area contributed by atoms with Gasteiger partial charge in [-0.2, -0.15) is 0 Å². The minimum Gasteiger partial charge on any atom is -0.464 e. The van der Waals surface area contributed by atoms with Gasteiger partial charge in [-0.15, -0.1) is 0 Å². The van der Waals surface area contributed by atoms with Gasteiger partial charge in [-0.25, -0.2) is 0 Å². The maximum atomic E-state index is 5.26. The molecule has 356 valence electrons. The summed E-state index contributed by atoms with van der Waals surface area (Å²) in [6.07, 6.45) is 1.69. The second kappa shape index (κ2) is 24.1. The number of hydrogen-bond acceptors (Lipinski definition) is 1. The van der Waals surface area contributed by atoms with Gasteiger partial charge in [0.05, 0.1) is 17.3 Å². The quantitative estimate of drug-likeness (QED) is 0.172. The van der Waals surface area contributed by atoms with Crippen molar-refractivity contribution in [1.82, 2.24) is 4.57 Å². The highest BCUT2D eigenvalue weighted by molar-refractivity contribution is 6.10. The van der Waals surface area contributed by atoms with Crippen molar-refractivity contribution in [3.8, 4) is 50.4 Å². The largest absolute Gasteiger partial charge is 0.464 e. The van der Waals surface area contributed by atoms with Crippen LogP contribution in [-0.4, -0.2) is 4.57 Å². The lowest BCUT2D eigenvalue weighted by Gasteiger charge is -2.22. The van der Waals surface area contributed by atoms with Crippen molar-refractivity contribution in [2.75, 3.05) is 0 Å². The van der Waals surface area contributed by atoms with E-state index in [4.69, 9.17) is 4.42 Å². The number of para-hydroxylation sites is 1. The molecule has 0 radical (unpaired) electrons. The molecule has 0 unspecified atom stereocenters. The molecule has 0 spiro atoms. The Balaban J connectivity index is 0.000000199. The third kappa shape index (κ3) is 11.9. The first-order chi connectivity index (χ1) is 34.6. The van der Waals surface area contributed by atoms with Crippen LogP contribution in [0.4, 0.5) is 0 Å². The summed E-state index contributed by atoms with van der Waals surface area (Å²) in [6, 6.07) is 82.0. The van der Waals surface area contributed by atoms with Gasteiger partial charge in [0.15, 0.2) is 0 Å². The van der Waals surface area contributed by atoms with Gasteiger partial charge in [0.1, 0.15) is 5.76 Å². The molecule has 0 N–H and O–H groups in total. The van der Waals surface area contributed by atoms with Crippen molar-refractivity contribution in [2.24, 2.45) is 0 Å². The van der Waals surface area contributed by atoms with Crippen LogP contribution in [0.3, 0.4) is 0 Å². The minimum atomic E-state index is -0.0314. The third-order valence-electron chi connectivity index (χ3n) is 12.8. The van der Waals surface area contributed by atoms with Crippen molar-refractivity contribution in [2.45, 2.75) is 74.7 Å². The van der Waals surface area contributed by atoms with Crippen LogP contribution in [0, 0.1) is 27.7 Å². The highest BCUT2D eigenvalue weighted by atomic mass is 16.3. The van der Waals surface area contributed by atoms with E-state index in [1.54, 1.807) is 6.26 Å². The van der Waals surface area contributed by atoms with E-state index in [9.17, 15) is 0 Å². The second-order valence-corrected chi connectivity index (χ2v) is 18.1. The van der Waals surface area contributed by atoms with Crippen molar-refractivity contribution < 1.29 is 4.42 Å². The molecular weight excluding hydrogens is 859 g/mol. The lowest BCUT2D eigenvalue weighted by molar-refractivity contribution is 0.582. The van der Waals surface area contributed by atoms with Gasteiger partial charge in [0.25, 0.3) is 0 Å². The van der Waals surface area contributed by atoms with Gasteiger partial charge in [0.2, 0.25) is 0 Å². The molecule has 2 nitrogen and oxygen atoms in total. The van der Waals surface area contributed by atoms with E-state index in [1.807, 2.05) is 76.2 Å². The highest BCUT2D eigenvalue weighted by Gasteiger charge is 2.35. The smallest absolute Gasteiger partial charge is 0.133 e. The van der Waals surface area contributed by atoms with Crippen molar-refractivity contribution >= 4 is 21.8 Å². The zero-order valence-corrected chi connectivity index (χ0v) is 43.4. The molecule has 0 aliphatic heterocycles. The van der Waals surface area contributed by atoms with Crippen LogP contribution >= 0.6 is 0 Å². The SMILES string of the molecule is CC.CC.Cc1ccc(-c2cccc(-c3ccc4c(c3)c3ccccc3n4-c3ccc4c(c3)C(C)(C)c3ccccc3-4)c2)cc1.Cc1ccc(-c2ccco2)cc1.Cc1ccccc1.Cc1ccccc1. The summed E-state index contributed by atoms with van der Waals surface area (Å²) in [4.78, 5) is 0. The van der Waals surface area contributed by atoms with Gasteiger partial charge in [-0.1, -0.05) is 246 Å². The number of benzene rings is 9. The Labute approximate surface area is 424 Å². The molecule has 0 bridgehead atoms. The summed E-state index contributed by atoms with van der Waals surface area (Å²) in [6.45, 7) is 21.1. The number of aryl methyl sites for hydroxylation is 4. The zero-order valence-electron chi connectivity index (χ0n) is 43.4. The summed E-state index contributed by atoms with van der Waals surface area (Å²) in [5, 5.41) is 2.56. The Morgan fingerprint density at radius 2 is 0.831 bits per heavy atom. The molecule has 11 aromatic rings. The number of rotatable bonds is 4. The van der Waals surface area contributed by atoms with E-state index in [0.717, 1.165) is 11.3 Å². The molecule has 1 aliphatic carbocycles. The highest BCUT2D eigenvalue weighted by Crippen LogP contribution is 2.49. The molecule has 1 aliphatic rings. The summed E-state index contributed by atoms with van der Waals surface area (Å²) < 4.78 is 7.70. The zero-order chi connectivity index (χ0) is 50.3. The molecule has 2 aromatic heterocycles. The predicted octanol–water partition coefficient (Wildman–Crippen LogP) is 20.0. The topological polar surface area (TPSA) is 18.1 Å². The molecule has 0 atom stereocenters. The Bertz CT molecular complexity index is 3340. The first-order valence-corrected chi connectivity index (χ1v) is 25.2. The van der Waals surface area contributed by atoms with Gasteiger partial charge < -0.3 is 8.98 Å². The molecule has 2 heteroatoms. The summed E-state index contributed by atoms with van der Waals surface area (Å²) in [5.74, 6) is 0.926. The van der Waals surface area contributed by atoms with Gasteiger partial charge in [0, 0.05) is 27.4 Å². The summed E-state index contributed by atoms with van der Waals surface area (Å²) >= 11 is 0. The fraction of sp³-hybridized carbons (Fsp3) is 0.159. The van der Waals surface area contributed by atoms with E-state index in [1.165, 1.54) is 94.3 Å². The molecule has 71 heavy (non-hydrogen) atoms. The van der Waals surface area contributed by atoms with Gasteiger partial charge in [-0.05, 0) is 121 Å². The first kappa shape index (κ1) is 50.9. The van der Waals surface area contributed by atoms with Crippen LogP contribution < -0.4 is 0 Å². The van der Waals surface area contributed by atoms with Crippen molar-refractivity contribution in [1.29, 1.82) is 0 Å². The van der Waals surface area contributed by atoms with Crippen LogP contribution in [-0.2, 0) is 5.41 Å². The number of nitrogens with zero attached hydrogens (tertiary/aromatic N) is 1. The standard InChI is InChI=1S/C40H31N.C11H10O.2C7H8.2C2H6/c1-26-15-17-27(18-16-26)28-9-8-10-29(23-28)30-19-22-39-35(24-30)34-12-5-7-14-38(34)41(39)31-20-21-33-32-11-4-6-13-36(32)40(2,3)37(33)25-31;1-9-4-6-10(7-5-9)11-3-2-8-12-11;2*1-7-5-3-2-4-6-7;2*1-2/h4-25H,1-3H3;2-8H,1H3;2*2-6H,1H3;2*1-2H3. The number of aromatic nitrogens is 1. The maximum absolute atomic E-state index is 5.26. The lowest BCUT2D eigenvalue weighted by atomic mass is 9.82. The molecule has 9 aromatic carbocycles. The monoisotopic (exact) mass is 928 g/mol. The minimum absolute atomic E-state index is 0.0314. The molecule has 0 saturated carbocycles. The normalized spacial score (nSPS) is 11.4. The van der Waals surface area contributed by atoms with Crippen LogP contribution in [0.25, 0.3) is 72.2 Å². The van der Waals surface area contributed by atoms with E-state index in [2.05, 4.69) is 228 Å². The van der Waals surface area contributed by atoms with Crippen LogP contribution in [0.5, 0.6) is 0 Å². The van der Waals surface area contributed by atoms with E-state index < -0.39 is 0 Å². The Hall–Kier alpha value is -7.94. The number of fused-ring (bicyclic) bond motifs is 6. The van der Waals surface area contributed by atoms with E-state index in [0.29, 0.717) is 0 Å². The Morgan fingerprint density at radius 1 is 0.338 bits per heavy atom. The molecule has 0 amide bonds. The average Bonchev–Trinajstić information content (AvgIpc) is 4.13. The number of hydrogen-bond donors (Lipinski definition) is 0. The molecule has 0 saturated heterocycles. The Morgan fingerprint density at radius 3 is 1.42 bits per heavy atom. The van der Waals surface area contributed by atoms with Crippen LogP contribution in [0.15, 0.2) is 241 Å². The molecule has 2 heterocycles. The summed E-state index contributed by atoms with van der Waals surface area (Å²) in [5.41, 5.74) is 20.5. The van der Waals surface area contributed by atoms with E-state index >= 15 is 0 Å². The summed E-state index contributed by atoms with van der Waals surface area (Å²) in [7, 11) is 0. The number of furan rings is 1. The third-order valence-corrected chi connectivity index (χ3v) is 12.8. The second-order valence-electron chi connectivity index (χ2n) is 18.1. The fourth-order valence-corrected chi connectivity index (χ4v) is 9.12. The van der Waals surface area contributed by atoms with Crippen LogP contribution in [0.1, 0.15) is 74.9 Å². The molecular formula is C69H69NO. The fourth-order valence-electron chi connectivity index (χ4n) is 9.12. The first-order valence-electron chi connectivity index (χ1n) is 25.2. The Kier molecular flexibility index (Phi) is 17.3. The lowest BCUT2D eigenvalue weighted by Crippen LogP contribution is -2.15. The maximum Gasteiger partial charge on any atom is 0.133 e. The predicted molar refractivity (Wildman–Crippen MR) is 308 cm³/mol. The van der Waals surface area contributed by atoms with E-state index in [-0.39, 0.29) is 5.41 Å². The molecule has 0 fully saturated rings. The van der Waals surface area contributed by atoms with Crippen LogP contribution in [0.2, 0.25) is 0 Å². The van der Waals surface area contributed by atoms with Gasteiger partial charge >= 0.3 is 0 Å².